The van der Waals surface area contributed by atoms with Gasteiger partial charge < -0.3 is 15.5 Å². The molecule has 1 fully saturated rings. The van der Waals surface area contributed by atoms with Crippen LogP contribution >= 0.6 is 23.2 Å². The molecule has 0 bridgehead atoms. The Morgan fingerprint density at radius 1 is 1.02 bits per heavy atom. The molecule has 2 heterocycles. The molecule has 15 heteroatoms. The van der Waals surface area contributed by atoms with Gasteiger partial charge in [0.1, 0.15) is 6.54 Å². The molecule has 2 aromatic carbocycles. The molecule has 0 aliphatic carbocycles. The summed E-state index contributed by atoms with van der Waals surface area (Å²) in [5, 5.41) is 5.49. The number of hydrogen-bond acceptors (Lipinski definition) is 5. The number of anilines is 1. The molecule has 0 saturated carbocycles. The van der Waals surface area contributed by atoms with Crippen LogP contribution in [0.5, 0.6) is 0 Å². The van der Waals surface area contributed by atoms with E-state index in [9.17, 15) is 31.2 Å². The van der Waals surface area contributed by atoms with Gasteiger partial charge in [-0.25, -0.2) is 13.2 Å². The average Bonchev–Trinajstić information content (AvgIpc) is 2.98. The highest BCUT2D eigenvalue weighted by molar-refractivity contribution is 7.92. The first-order valence-electron chi connectivity index (χ1n) is 13.2. The molecule has 1 atom stereocenters. The highest BCUT2D eigenvalue weighted by atomic mass is 35.5. The summed E-state index contributed by atoms with van der Waals surface area (Å²) in [7, 11) is -4.55. The average molecular weight is 659 g/mol. The predicted octanol–water partition coefficient (Wildman–Crippen LogP) is 5.34. The largest absolute Gasteiger partial charge is 0.416 e. The van der Waals surface area contributed by atoms with Gasteiger partial charge in [-0.2, -0.15) is 13.2 Å². The van der Waals surface area contributed by atoms with E-state index < -0.39 is 39.9 Å². The Bertz CT molecular complexity index is 1540. The zero-order chi connectivity index (χ0) is 31.2. The number of aromatic nitrogens is 1. The molecule has 3 aromatic rings. The highest BCUT2D eigenvalue weighted by Gasteiger charge is 2.36. The van der Waals surface area contributed by atoms with E-state index in [0.29, 0.717) is 36.3 Å². The second-order valence-electron chi connectivity index (χ2n) is 9.90. The van der Waals surface area contributed by atoms with Crippen LogP contribution in [0.1, 0.15) is 24.0 Å². The monoisotopic (exact) mass is 657 g/mol. The number of sulfonamides is 1. The Morgan fingerprint density at radius 3 is 2.40 bits per heavy atom. The van der Waals surface area contributed by atoms with Crippen LogP contribution in [0.4, 0.5) is 23.7 Å². The first-order chi connectivity index (χ1) is 20.3. The number of halogens is 5. The van der Waals surface area contributed by atoms with Crippen molar-refractivity contribution in [1.29, 1.82) is 0 Å². The van der Waals surface area contributed by atoms with Gasteiger partial charge in [-0.1, -0.05) is 23.2 Å². The smallest absolute Gasteiger partial charge is 0.341 e. The molecule has 1 aliphatic rings. The van der Waals surface area contributed by atoms with Gasteiger partial charge >= 0.3 is 12.2 Å². The number of nitrogens with one attached hydrogen (secondary N) is 2. The molecule has 1 aromatic heterocycles. The van der Waals surface area contributed by atoms with Gasteiger partial charge in [0.25, 0.3) is 10.0 Å². The third-order valence-electron chi connectivity index (χ3n) is 6.85. The molecule has 1 unspecified atom stereocenters. The van der Waals surface area contributed by atoms with Crippen molar-refractivity contribution in [3.8, 4) is 0 Å². The minimum absolute atomic E-state index is 0.122. The number of urea groups is 1. The fourth-order valence-corrected chi connectivity index (χ4v) is 6.40. The van der Waals surface area contributed by atoms with Crippen molar-refractivity contribution in [2.75, 3.05) is 30.5 Å². The van der Waals surface area contributed by atoms with Crippen LogP contribution in [0.15, 0.2) is 71.9 Å². The summed E-state index contributed by atoms with van der Waals surface area (Å²) < 4.78 is 68.6. The van der Waals surface area contributed by atoms with Crippen LogP contribution in [0, 0.1) is 5.92 Å². The fraction of sp³-hybridized carbons (Fsp3) is 0.321. The lowest BCUT2D eigenvalue weighted by Crippen LogP contribution is -2.49. The fourth-order valence-electron chi connectivity index (χ4n) is 4.58. The number of nitrogens with zero attached hydrogens (tertiary/aromatic N) is 3. The van der Waals surface area contributed by atoms with Crippen LogP contribution in [0.25, 0.3) is 0 Å². The number of piperidine rings is 1. The number of pyridine rings is 1. The molecule has 0 spiro atoms. The van der Waals surface area contributed by atoms with Gasteiger partial charge in [-0.15, -0.1) is 0 Å². The van der Waals surface area contributed by atoms with Crippen molar-refractivity contribution in [2.45, 2.75) is 30.5 Å². The molecule has 1 aliphatic heterocycles. The van der Waals surface area contributed by atoms with E-state index in [0.717, 1.165) is 17.7 Å². The second kappa shape index (κ2) is 13.8. The third-order valence-corrected chi connectivity index (χ3v) is 9.19. The highest BCUT2D eigenvalue weighted by Crippen LogP contribution is 2.37. The summed E-state index contributed by atoms with van der Waals surface area (Å²) in [6.45, 7) is 0.305. The van der Waals surface area contributed by atoms with Crippen molar-refractivity contribution in [2.24, 2.45) is 5.92 Å². The van der Waals surface area contributed by atoms with E-state index in [1.807, 2.05) is 0 Å². The van der Waals surface area contributed by atoms with E-state index in [1.165, 1.54) is 29.2 Å². The lowest BCUT2D eigenvalue weighted by molar-refractivity contribution is -0.137. The number of hydrogen-bond donors (Lipinski definition) is 2. The Labute approximate surface area is 257 Å². The number of amides is 3. The molecule has 230 valence electrons. The number of carbonyl (C=O) groups excluding carboxylic acids is 2. The molecule has 3 amide bonds. The SMILES string of the molecule is O=C(NCc1ccncc1)NCC1CCCN(C(=O)CN(c2cc(C(F)(F)F)ccc2Cl)S(=O)(=O)c2ccc(Cl)cc2)C1. The predicted molar refractivity (Wildman–Crippen MR) is 156 cm³/mol. The number of carbonyl (C=O) groups is 2. The molecule has 4 rings (SSSR count). The van der Waals surface area contributed by atoms with Crippen LogP contribution in [0.3, 0.4) is 0 Å². The Kier molecular flexibility index (Phi) is 10.4. The summed E-state index contributed by atoms with van der Waals surface area (Å²) in [5.41, 5.74) is -0.735. The summed E-state index contributed by atoms with van der Waals surface area (Å²) in [6.07, 6.45) is -0.251. The number of likely N-dealkylation sites (tertiary alicyclic amines) is 1. The Hall–Kier alpha value is -3.55. The normalized spacial score (nSPS) is 15.6. The molecular weight excluding hydrogens is 630 g/mol. The van der Waals surface area contributed by atoms with E-state index >= 15 is 0 Å². The van der Waals surface area contributed by atoms with E-state index in [4.69, 9.17) is 23.2 Å². The van der Waals surface area contributed by atoms with Crippen molar-refractivity contribution in [3.63, 3.8) is 0 Å². The first-order valence-corrected chi connectivity index (χ1v) is 15.4. The standard InChI is InChI=1S/C28H28Cl2F3N5O4S/c29-22-4-6-23(7-5-22)43(41,42)38(25-14-21(28(31,32)33)3-8-24(25)30)18-26(39)37-13-1-2-20(17-37)16-36-27(40)35-15-19-9-11-34-12-10-19/h3-12,14,20H,1-2,13,15-18H2,(H2,35,36,40). The van der Waals surface area contributed by atoms with Gasteiger partial charge in [0.05, 0.1) is 21.2 Å². The van der Waals surface area contributed by atoms with Crippen molar-refractivity contribution in [3.05, 3.63) is 88.2 Å². The van der Waals surface area contributed by atoms with Crippen molar-refractivity contribution >= 4 is 50.9 Å². The minimum Gasteiger partial charge on any atom is -0.341 e. The van der Waals surface area contributed by atoms with E-state index in [-0.39, 0.29) is 40.0 Å². The van der Waals surface area contributed by atoms with Gasteiger partial charge in [-0.05, 0) is 78.9 Å². The summed E-state index contributed by atoms with van der Waals surface area (Å²) in [5.74, 6) is -0.749. The topological polar surface area (TPSA) is 112 Å². The zero-order valence-electron chi connectivity index (χ0n) is 22.7. The molecule has 43 heavy (non-hydrogen) atoms. The maximum atomic E-state index is 13.7. The number of benzene rings is 2. The van der Waals surface area contributed by atoms with E-state index in [1.54, 1.807) is 24.5 Å². The van der Waals surface area contributed by atoms with Crippen molar-refractivity contribution in [1.82, 2.24) is 20.5 Å². The zero-order valence-corrected chi connectivity index (χ0v) is 25.0. The minimum atomic E-state index is -4.78. The van der Waals surface area contributed by atoms with Crippen LogP contribution < -0.4 is 14.9 Å². The summed E-state index contributed by atoms with van der Waals surface area (Å²) >= 11 is 12.1. The lowest BCUT2D eigenvalue weighted by atomic mass is 9.98. The summed E-state index contributed by atoms with van der Waals surface area (Å²) in [6, 6.07) is 10.5. The third kappa shape index (κ3) is 8.52. The Morgan fingerprint density at radius 2 is 1.72 bits per heavy atom. The maximum absolute atomic E-state index is 13.7. The quantitative estimate of drug-likeness (QED) is 0.323. The van der Waals surface area contributed by atoms with Crippen molar-refractivity contribution < 1.29 is 31.2 Å². The molecule has 2 N–H and O–H groups in total. The molecular formula is C28H28Cl2F3N5O4S. The van der Waals surface area contributed by atoms with Crippen LogP contribution in [-0.2, 0) is 27.5 Å². The molecule has 9 nitrogen and oxygen atoms in total. The van der Waals surface area contributed by atoms with Gasteiger partial charge in [-0.3, -0.25) is 14.1 Å². The van der Waals surface area contributed by atoms with Gasteiger partial charge in [0.2, 0.25) is 5.91 Å². The van der Waals surface area contributed by atoms with E-state index in [2.05, 4.69) is 15.6 Å². The van der Waals surface area contributed by atoms with Crippen LogP contribution in [-0.4, -0.2) is 56.4 Å². The molecule has 0 radical (unpaired) electrons. The summed E-state index contributed by atoms with van der Waals surface area (Å²) in [4.78, 5) is 30.8. The molecule has 1 saturated heterocycles. The van der Waals surface area contributed by atoms with Gasteiger partial charge in [0.15, 0.2) is 0 Å². The van der Waals surface area contributed by atoms with Gasteiger partial charge in [0, 0.05) is 43.6 Å². The lowest BCUT2D eigenvalue weighted by Gasteiger charge is -2.35. The Balaban J connectivity index is 1.49. The first kappa shape index (κ1) is 32.4. The maximum Gasteiger partial charge on any atom is 0.416 e. The second-order valence-corrected chi connectivity index (χ2v) is 12.6. The number of rotatable bonds is 9. The number of alkyl halides is 3. The van der Waals surface area contributed by atoms with Crippen LogP contribution in [0.2, 0.25) is 10.0 Å².